The molecule has 0 aromatic carbocycles. The van der Waals surface area contributed by atoms with E-state index in [9.17, 15) is 4.79 Å². The summed E-state index contributed by atoms with van der Waals surface area (Å²) in [6, 6.07) is 4.06. The van der Waals surface area contributed by atoms with Crippen LogP contribution in [0.25, 0.3) is 0 Å². The molecule has 21 heavy (non-hydrogen) atoms. The van der Waals surface area contributed by atoms with E-state index in [-0.39, 0.29) is 5.97 Å². The lowest BCUT2D eigenvalue weighted by atomic mass is 10.1. The van der Waals surface area contributed by atoms with Crippen molar-refractivity contribution in [3.63, 3.8) is 0 Å². The predicted molar refractivity (Wildman–Crippen MR) is 80.5 cm³/mol. The molecule has 0 radical (unpaired) electrons. The summed E-state index contributed by atoms with van der Waals surface area (Å²) in [5.41, 5.74) is 7.91. The summed E-state index contributed by atoms with van der Waals surface area (Å²) >= 11 is 0. The Labute approximate surface area is 125 Å². The normalized spacial score (nSPS) is 16.9. The monoisotopic (exact) mass is 292 g/mol. The molecule has 1 aliphatic rings. The third-order valence-electron chi connectivity index (χ3n) is 3.90. The minimum atomic E-state index is -0.139. The molecule has 1 aliphatic heterocycles. The number of esters is 1. The first-order valence-corrected chi connectivity index (χ1v) is 7.37. The highest BCUT2D eigenvalue weighted by atomic mass is 16.5. The number of pyridine rings is 1. The lowest BCUT2D eigenvalue weighted by molar-refractivity contribution is -0.141. The van der Waals surface area contributed by atoms with Crippen LogP contribution in [0.15, 0.2) is 18.3 Å². The summed E-state index contributed by atoms with van der Waals surface area (Å²) in [6.45, 7) is 6.12. The summed E-state index contributed by atoms with van der Waals surface area (Å²) in [7, 11) is 1.43. The first-order valence-electron chi connectivity index (χ1n) is 7.37. The summed E-state index contributed by atoms with van der Waals surface area (Å²) in [5, 5.41) is 0. The van der Waals surface area contributed by atoms with Gasteiger partial charge in [0.15, 0.2) is 0 Å². The van der Waals surface area contributed by atoms with Gasteiger partial charge >= 0.3 is 5.97 Å². The second-order valence-electron chi connectivity index (χ2n) is 5.26. The number of methoxy groups -OCH3 is 1. The molecule has 0 spiro atoms. The van der Waals surface area contributed by atoms with Gasteiger partial charge in [-0.05, 0) is 11.6 Å². The van der Waals surface area contributed by atoms with E-state index in [0.29, 0.717) is 13.0 Å². The SMILES string of the molecule is COC(=O)CCN1CCN(Cc2cccnc2CN)CC1. The molecular formula is C15H24N4O2. The molecule has 1 aromatic rings. The van der Waals surface area contributed by atoms with E-state index in [2.05, 4.69) is 25.6 Å². The van der Waals surface area contributed by atoms with Gasteiger partial charge in [0, 0.05) is 52.0 Å². The summed E-state index contributed by atoms with van der Waals surface area (Å²) < 4.78 is 4.67. The van der Waals surface area contributed by atoms with E-state index in [1.165, 1.54) is 12.7 Å². The van der Waals surface area contributed by atoms with Crippen LogP contribution < -0.4 is 5.73 Å². The van der Waals surface area contributed by atoms with E-state index in [0.717, 1.165) is 45.0 Å². The van der Waals surface area contributed by atoms with Gasteiger partial charge in [-0.2, -0.15) is 0 Å². The van der Waals surface area contributed by atoms with Gasteiger partial charge in [-0.1, -0.05) is 6.07 Å². The van der Waals surface area contributed by atoms with Crippen molar-refractivity contribution in [2.45, 2.75) is 19.5 Å². The maximum Gasteiger partial charge on any atom is 0.306 e. The second-order valence-corrected chi connectivity index (χ2v) is 5.26. The number of nitrogens with two attached hydrogens (primary N) is 1. The zero-order valence-electron chi connectivity index (χ0n) is 12.6. The van der Waals surface area contributed by atoms with Crippen LogP contribution in [0.5, 0.6) is 0 Å². The van der Waals surface area contributed by atoms with Crippen molar-refractivity contribution in [1.82, 2.24) is 14.8 Å². The summed E-state index contributed by atoms with van der Waals surface area (Å²) in [6.07, 6.45) is 2.26. The van der Waals surface area contributed by atoms with Crippen LogP contribution in [-0.4, -0.2) is 60.6 Å². The fourth-order valence-electron chi connectivity index (χ4n) is 2.56. The zero-order valence-corrected chi connectivity index (χ0v) is 12.6. The van der Waals surface area contributed by atoms with Gasteiger partial charge in [0.2, 0.25) is 0 Å². The highest BCUT2D eigenvalue weighted by Gasteiger charge is 2.18. The molecule has 0 amide bonds. The van der Waals surface area contributed by atoms with Gasteiger partial charge in [-0.25, -0.2) is 0 Å². The topological polar surface area (TPSA) is 71.7 Å². The van der Waals surface area contributed by atoms with Crippen LogP contribution in [0, 0.1) is 0 Å². The number of rotatable bonds is 6. The van der Waals surface area contributed by atoms with Gasteiger partial charge < -0.3 is 15.4 Å². The van der Waals surface area contributed by atoms with Crippen LogP contribution in [0.4, 0.5) is 0 Å². The average molecular weight is 292 g/mol. The number of hydrogen-bond donors (Lipinski definition) is 1. The first-order chi connectivity index (χ1) is 10.2. The lowest BCUT2D eigenvalue weighted by Crippen LogP contribution is -2.46. The molecule has 1 fully saturated rings. The Bertz CT molecular complexity index is 459. The molecule has 0 atom stereocenters. The fraction of sp³-hybridized carbons (Fsp3) is 0.600. The molecule has 2 rings (SSSR count). The van der Waals surface area contributed by atoms with Crippen molar-refractivity contribution in [3.05, 3.63) is 29.6 Å². The fourth-order valence-corrected chi connectivity index (χ4v) is 2.56. The smallest absolute Gasteiger partial charge is 0.306 e. The Morgan fingerprint density at radius 3 is 2.71 bits per heavy atom. The molecule has 2 heterocycles. The minimum Gasteiger partial charge on any atom is -0.469 e. The third-order valence-corrected chi connectivity index (χ3v) is 3.90. The van der Waals surface area contributed by atoms with Crippen molar-refractivity contribution in [1.29, 1.82) is 0 Å². The maximum absolute atomic E-state index is 11.2. The molecule has 0 saturated carbocycles. The van der Waals surface area contributed by atoms with Gasteiger partial charge in [0.1, 0.15) is 0 Å². The number of ether oxygens (including phenoxy) is 1. The molecule has 6 heteroatoms. The number of hydrogen-bond acceptors (Lipinski definition) is 6. The molecular weight excluding hydrogens is 268 g/mol. The third kappa shape index (κ3) is 4.77. The van der Waals surface area contributed by atoms with Crippen molar-refractivity contribution < 1.29 is 9.53 Å². The average Bonchev–Trinajstić information content (AvgIpc) is 2.54. The van der Waals surface area contributed by atoms with E-state index in [1.807, 2.05) is 6.07 Å². The van der Waals surface area contributed by atoms with Gasteiger partial charge in [-0.15, -0.1) is 0 Å². The van der Waals surface area contributed by atoms with Crippen LogP contribution in [0.1, 0.15) is 17.7 Å². The molecule has 0 aliphatic carbocycles. The Morgan fingerprint density at radius 2 is 2.05 bits per heavy atom. The first kappa shape index (κ1) is 15.9. The molecule has 0 bridgehead atoms. The molecule has 116 valence electrons. The Balaban J connectivity index is 1.77. The highest BCUT2D eigenvalue weighted by molar-refractivity contribution is 5.69. The van der Waals surface area contributed by atoms with Crippen molar-refractivity contribution in [2.75, 3.05) is 39.8 Å². The van der Waals surface area contributed by atoms with Crippen LogP contribution in [0.3, 0.4) is 0 Å². The van der Waals surface area contributed by atoms with E-state index >= 15 is 0 Å². The standard InChI is InChI=1S/C15H24N4O2/c1-21-15(20)4-6-18-7-9-19(10-8-18)12-13-3-2-5-17-14(13)11-16/h2-3,5H,4,6-12,16H2,1H3. The molecule has 2 N–H and O–H groups in total. The molecule has 1 saturated heterocycles. The van der Waals surface area contributed by atoms with Gasteiger partial charge in [0.25, 0.3) is 0 Å². The zero-order chi connectivity index (χ0) is 15.1. The van der Waals surface area contributed by atoms with Gasteiger partial charge in [-0.3, -0.25) is 14.7 Å². The number of aromatic nitrogens is 1. The van der Waals surface area contributed by atoms with Crippen molar-refractivity contribution in [2.24, 2.45) is 5.73 Å². The van der Waals surface area contributed by atoms with Crippen molar-refractivity contribution >= 4 is 5.97 Å². The van der Waals surface area contributed by atoms with E-state index in [1.54, 1.807) is 6.20 Å². The van der Waals surface area contributed by atoms with E-state index in [4.69, 9.17) is 5.73 Å². The van der Waals surface area contributed by atoms with Crippen LogP contribution in [-0.2, 0) is 22.6 Å². The van der Waals surface area contributed by atoms with Crippen LogP contribution >= 0.6 is 0 Å². The largest absolute Gasteiger partial charge is 0.469 e. The van der Waals surface area contributed by atoms with Gasteiger partial charge in [0.05, 0.1) is 19.2 Å². The maximum atomic E-state index is 11.2. The summed E-state index contributed by atoms with van der Waals surface area (Å²) in [5.74, 6) is -0.139. The number of carbonyl (C=O) groups is 1. The number of nitrogens with zero attached hydrogens (tertiary/aromatic N) is 3. The minimum absolute atomic E-state index is 0.139. The lowest BCUT2D eigenvalue weighted by Gasteiger charge is -2.34. The quantitative estimate of drug-likeness (QED) is 0.756. The van der Waals surface area contributed by atoms with Crippen molar-refractivity contribution in [3.8, 4) is 0 Å². The molecule has 0 unspecified atom stereocenters. The molecule has 6 nitrogen and oxygen atoms in total. The number of carbonyl (C=O) groups excluding carboxylic acids is 1. The highest BCUT2D eigenvalue weighted by Crippen LogP contribution is 2.11. The molecule has 1 aromatic heterocycles. The second kappa shape index (κ2) is 8.07. The Hall–Kier alpha value is -1.50. The predicted octanol–water partition coefficient (Wildman–Crippen LogP) is 0.221. The Morgan fingerprint density at radius 1 is 1.33 bits per heavy atom. The number of piperazine rings is 1. The van der Waals surface area contributed by atoms with E-state index < -0.39 is 0 Å². The summed E-state index contributed by atoms with van der Waals surface area (Å²) in [4.78, 5) is 20.2. The Kier molecular flexibility index (Phi) is 6.10. The van der Waals surface area contributed by atoms with Crippen LogP contribution in [0.2, 0.25) is 0 Å².